The molecular formula is C62H36O2. The Balaban J connectivity index is 1.15. The second kappa shape index (κ2) is 13.5. The monoisotopic (exact) mass is 812 g/mol. The molecule has 0 fully saturated rings. The van der Waals surface area contributed by atoms with Gasteiger partial charge in [-0.05, 0) is 141 Å². The van der Waals surface area contributed by atoms with E-state index in [0.29, 0.717) is 0 Å². The predicted octanol–water partition coefficient (Wildman–Crippen LogP) is 17.9. The number of rotatable bonds is 4. The molecule has 0 atom stereocenters. The van der Waals surface area contributed by atoms with Gasteiger partial charge < -0.3 is 8.83 Å². The van der Waals surface area contributed by atoms with Crippen LogP contribution in [0.1, 0.15) is 0 Å². The van der Waals surface area contributed by atoms with E-state index in [2.05, 4.69) is 218 Å². The molecule has 0 unspecified atom stereocenters. The molecule has 2 nitrogen and oxygen atoms in total. The standard InChI is InChI=1S/C62H36O2/c1-2-14-37(15-3-1)51-35-41(34-40-18-6-7-19-42(40)51)58-49-24-10-22-45(47-26-12-28-54-61(47)59-43-20-8-4-16-38(43)30-32-56(59)63-54)52(49)36-53-46(23-11-25-50(53)58)48-27-13-29-55-62(48)60-44-21-9-5-17-39(44)31-33-57(60)64-55/h1-36H. The van der Waals surface area contributed by atoms with Crippen LogP contribution in [0.3, 0.4) is 0 Å². The first-order valence-electron chi connectivity index (χ1n) is 22.0. The molecule has 0 aliphatic rings. The molecule has 0 radical (unpaired) electrons. The first-order valence-corrected chi connectivity index (χ1v) is 22.0. The van der Waals surface area contributed by atoms with E-state index in [9.17, 15) is 0 Å². The molecule has 0 amide bonds. The minimum absolute atomic E-state index is 0.885. The Hall–Kier alpha value is -8.46. The van der Waals surface area contributed by atoms with Gasteiger partial charge in [-0.15, -0.1) is 0 Å². The quantitative estimate of drug-likeness (QED) is 0.166. The fourth-order valence-corrected chi connectivity index (χ4v) is 10.9. The maximum Gasteiger partial charge on any atom is 0.136 e. The summed E-state index contributed by atoms with van der Waals surface area (Å²) in [6.45, 7) is 0. The SMILES string of the molecule is c1ccc(-c2cc(-c3c4cccc(-c5cccc6oc7ccc8ccccc8c7c56)c4cc4c(-c5cccc6oc7ccc8ccccc8c7c56)cccc34)cc3ccccc23)cc1. The summed E-state index contributed by atoms with van der Waals surface area (Å²) in [6, 6.07) is 79.5. The fourth-order valence-electron chi connectivity index (χ4n) is 10.9. The Morgan fingerprint density at radius 3 is 1.25 bits per heavy atom. The molecule has 64 heavy (non-hydrogen) atoms. The molecule has 2 heteroatoms. The van der Waals surface area contributed by atoms with Crippen LogP contribution >= 0.6 is 0 Å². The molecule has 14 rings (SSSR count). The van der Waals surface area contributed by atoms with Crippen LogP contribution in [-0.2, 0) is 0 Å². The zero-order valence-electron chi connectivity index (χ0n) is 34.6. The Bertz CT molecular complexity index is 4030. The summed E-state index contributed by atoms with van der Waals surface area (Å²) in [6.07, 6.45) is 0. The van der Waals surface area contributed by atoms with Gasteiger partial charge in [0, 0.05) is 21.5 Å². The van der Waals surface area contributed by atoms with Gasteiger partial charge in [-0.1, -0.05) is 176 Å². The summed E-state index contributed by atoms with van der Waals surface area (Å²) in [5.74, 6) is 0. The Morgan fingerprint density at radius 2 is 0.672 bits per heavy atom. The van der Waals surface area contributed by atoms with E-state index in [1.807, 2.05) is 0 Å². The topological polar surface area (TPSA) is 26.3 Å². The van der Waals surface area contributed by atoms with Gasteiger partial charge in [0.1, 0.15) is 22.3 Å². The second-order valence-corrected chi connectivity index (χ2v) is 17.0. The van der Waals surface area contributed by atoms with E-state index in [-0.39, 0.29) is 0 Å². The molecule has 0 spiro atoms. The largest absolute Gasteiger partial charge is 0.456 e. The maximum atomic E-state index is 6.66. The van der Waals surface area contributed by atoms with Crippen LogP contribution < -0.4 is 0 Å². The average Bonchev–Trinajstić information content (AvgIpc) is 3.95. The van der Waals surface area contributed by atoms with E-state index in [0.717, 1.165) is 55.0 Å². The number of benzene rings is 12. The lowest BCUT2D eigenvalue weighted by Gasteiger charge is -2.19. The van der Waals surface area contributed by atoms with Crippen LogP contribution in [0, 0.1) is 0 Å². The molecule has 0 N–H and O–H groups in total. The highest BCUT2D eigenvalue weighted by Crippen LogP contribution is 2.49. The van der Waals surface area contributed by atoms with Crippen molar-refractivity contribution in [1.82, 2.24) is 0 Å². The Kier molecular flexibility index (Phi) is 7.43. The van der Waals surface area contributed by atoms with Crippen molar-refractivity contribution in [3.63, 3.8) is 0 Å². The third kappa shape index (κ3) is 5.08. The summed E-state index contributed by atoms with van der Waals surface area (Å²) in [5, 5.41) is 16.6. The molecular weight excluding hydrogens is 777 g/mol. The molecule has 0 aliphatic carbocycles. The van der Waals surface area contributed by atoms with Crippen LogP contribution in [0.25, 0.3) is 142 Å². The molecule has 2 aromatic heterocycles. The zero-order chi connectivity index (χ0) is 41.9. The number of hydrogen-bond acceptors (Lipinski definition) is 2. The van der Waals surface area contributed by atoms with Crippen LogP contribution in [0.4, 0.5) is 0 Å². The number of hydrogen-bond donors (Lipinski definition) is 0. The summed E-state index contributed by atoms with van der Waals surface area (Å²) in [4.78, 5) is 0. The van der Waals surface area contributed by atoms with Crippen molar-refractivity contribution >= 4 is 97.7 Å². The lowest BCUT2D eigenvalue weighted by Crippen LogP contribution is -1.92. The summed E-state index contributed by atoms with van der Waals surface area (Å²) in [7, 11) is 0. The minimum atomic E-state index is 0.885. The third-order valence-electron chi connectivity index (χ3n) is 13.6. The number of fused-ring (bicyclic) bond motifs is 13. The predicted molar refractivity (Wildman–Crippen MR) is 270 cm³/mol. The Labute approximate surface area is 367 Å². The van der Waals surface area contributed by atoms with E-state index >= 15 is 0 Å². The van der Waals surface area contributed by atoms with Gasteiger partial charge in [0.2, 0.25) is 0 Å². The second-order valence-electron chi connectivity index (χ2n) is 17.0. The maximum absolute atomic E-state index is 6.66. The summed E-state index contributed by atoms with van der Waals surface area (Å²) < 4.78 is 13.3. The van der Waals surface area contributed by atoms with E-state index in [4.69, 9.17) is 8.83 Å². The first-order chi connectivity index (χ1) is 31.7. The fraction of sp³-hybridized carbons (Fsp3) is 0. The lowest BCUT2D eigenvalue weighted by atomic mass is 9.84. The number of furan rings is 2. The summed E-state index contributed by atoms with van der Waals surface area (Å²) >= 11 is 0. The van der Waals surface area contributed by atoms with Crippen molar-refractivity contribution < 1.29 is 8.83 Å². The Morgan fingerprint density at radius 1 is 0.219 bits per heavy atom. The van der Waals surface area contributed by atoms with Gasteiger partial charge in [-0.3, -0.25) is 0 Å². The smallest absolute Gasteiger partial charge is 0.136 e. The zero-order valence-corrected chi connectivity index (χ0v) is 34.6. The van der Waals surface area contributed by atoms with Crippen LogP contribution in [0.2, 0.25) is 0 Å². The van der Waals surface area contributed by atoms with Crippen molar-refractivity contribution in [2.75, 3.05) is 0 Å². The third-order valence-corrected chi connectivity index (χ3v) is 13.6. The molecule has 12 aromatic carbocycles. The highest BCUT2D eigenvalue weighted by molar-refractivity contribution is 6.28. The molecule has 0 saturated carbocycles. The molecule has 296 valence electrons. The van der Waals surface area contributed by atoms with E-state index in [1.165, 1.54) is 87.2 Å². The highest BCUT2D eigenvalue weighted by atomic mass is 16.3. The van der Waals surface area contributed by atoms with E-state index in [1.54, 1.807) is 0 Å². The van der Waals surface area contributed by atoms with Crippen molar-refractivity contribution in [2.24, 2.45) is 0 Å². The first kappa shape index (κ1) is 35.2. The normalized spacial score (nSPS) is 12.1. The summed E-state index contributed by atoms with van der Waals surface area (Å²) in [5.41, 5.74) is 13.0. The van der Waals surface area contributed by atoms with Gasteiger partial charge in [0.25, 0.3) is 0 Å². The van der Waals surface area contributed by atoms with Gasteiger partial charge >= 0.3 is 0 Å². The average molecular weight is 813 g/mol. The van der Waals surface area contributed by atoms with Crippen molar-refractivity contribution in [3.05, 3.63) is 218 Å². The minimum Gasteiger partial charge on any atom is -0.456 e. The molecule has 0 saturated heterocycles. The molecule has 0 bridgehead atoms. The molecule has 0 aliphatic heterocycles. The van der Waals surface area contributed by atoms with Crippen LogP contribution in [0.5, 0.6) is 0 Å². The van der Waals surface area contributed by atoms with Gasteiger partial charge in [0.15, 0.2) is 0 Å². The van der Waals surface area contributed by atoms with Crippen molar-refractivity contribution in [1.29, 1.82) is 0 Å². The highest BCUT2D eigenvalue weighted by Gasteiger charge is 2.22. The van der Waals surface area contributed by atoms with Gasteiger partial charge in [0.05, 0.1) is 0 Å². The molecule has 14 aromatic rings. The van der Waals surface area contributed by atoms with Crippen LogP contribution in [-0.4, -0.2) is 0 Å². The lowest BCUT2D eigenvalue weighted by molar-refractivity contribution is 0.669. The van der Waals surface area contributed by atoms with Gasteiger partial charge in [-0.2, -0.15) is 0 Å². The molecule has 2 heterocycles. The van der Waals surface area contributed by atoms with Gasteiger partial charge in [-0.25, -0.2) is 0 Å². The van der Waals surface area contributed by atoms with E-state index < -0.39 is 0 Å². The van der Waals surface area contributed by atoms with Crippen molar-refractivity contribution in [3.8, 4) is 44.5 Å². The van der Waals surface area contributed by atoms with Crippen LogP contribution in [0.15, 0.2) is 227 Å². The van der Waals surface area contributed by atoms with Crippen molar-refractivity contribution in [2.45, 2.75) is 0 Å².